The summed E-state index contributed by atoms with van der Waals surface area (Å²) in [6, 6.07) is 9.98. The Bertz CT molecular complexity index is 1610. The van der Waals surface area contributed by atoms with Crippen molar-refractivity contribution in [1.29, 1.82) is 0 Å². The van der Waals surface area contributed by atoms with Gasteiger partial charge in [0.15, 0.2) is 0 Å². The van der Waals surface area contributed by atoms with E-state index in [1.54, 1.807) is 24.4 Å². The number of pyridine rings is 1. The summed E-state index contributed by atoms with van der Waals surface area (Å²) < 4.78 is 11.1. The summed E-state index contributed by atoms with van der Waals surface area (Å²) >= 11 is 0. The molecule has 3 fully saturated rings. The molecule has 2 aliphatic heterocycles. The molecule has 6 rings (SSSR count). The maximum atomic E-state index is 14.8. The number of nitrogens with one attached hydrogen (secondary N) is 1. The molecule has 11 nitrogen and oxygen atoms in total. The van der Waals surface area contributed by atoms with Crippen molar-refractivity contribution in [3.05, 3.63) is 53.9 Å². The van der Waals surface area contributed by atoms with E-state index >= 15 is 0 Å². The van der Waals surface area contributed by atoms with Crippen LogP contribution < -0.4 is 15.1 Å². The molecule has 2 saturated carbocycles. The first-order valence-corrected chi connectivity index (χ1v) is 18.7. The summed E-state index contributed by atoms with van der Waals surface area (Å²) in [5.41, 5.74) is 1.91. The van der Waals surface area contributed by atoms with Crippen LogP contribution in [0, 0.1) is 17.3 Å². The molecular weight excluding hydrogens is 646 g/mol. The minimum atomic E-state index is -0.731. The van der Waals surface area contributed by atoms with Gasteiger partial charge in [0, 0.05) is 68.6 Å². The predicted octanol–water partition coefficient (Wildman–Crippen LogP) is 5.99. The molecule has 276 valence electrons. The zero-order valence-electron chi connectivity index (χ0n) is 31.2. The zero-order chi connectivity index (χ0) is 36.6. The fourth-order valence-corrected chi connectivity index (χ4v) is 8.18. The molecule has 51 heavy (non-hydrogen) atoms. The molecule has 0 radical (unpaired) electrons. The predicted molar refractivity (Wildman–Crippen MR) is 195 cm³/mol. The first-order valence-electron chi connectivity index (χ1n) is 18.7. The van der Waals surface area contributed by atoms with Gasteiger partial charge in [0.1, 0.15) is 5.60 Å². The largest absolute Gasteiger partial charge is 0.444 e. The topological polar surface area (TPSA) is 121 Å². The molecule has 0 unspecified atom stereocenters. The highest BCUT2D eigenvalue weighted by molar-refractivity contribution is 6.02. The summed E-state index contributed by atoms with van der Waals surface area (Å²) in [7, 11) is 1.66. The number of ether oxygens (including phenoxy) is 2. The number of nitrogens with zero attached hydrogens (tertiary/aromatic N) is 4. The van der Waals surface area contributed by atoms with Crippen molar-refractivity contribution in [2.24, 2.45) is 17.3 Å². The molecule has 1 saturated heterocycles. The highest BCUT2D eigenvalue weighted by Crippen LogP contribution is 2.43. The molecule has 11 heteroatoms. The maximum absolute atomic E-state index is 14.8. The SMILES string of the molecule is COCCCN1C(=O)C(C)(C)Cc2ccc(N(C(=O)[C@@H]3C[C@H](C(=O)NC4(c5ccncc5)CCCC4)CN(C(=O)OC(C)(C)C)C3)C3CC3)cc21. The summed E-state index contributed by atoms with van der Waals surface area (Å²) in [6.45, 7) is 10.8. The first-order chi connectivity index (χ1) is 24.2. The van der Waals surface area contributed by atoms with Crippen LogP contribution >= 0.6 is 0 Å². The van der Waals surface area contributed by atoms with E-state index in [0.717, 1.165) is 61.0 Å². The smallest absolute Gasteiger partial charge is 0.410 e. The number of fused-ring (bicyclic) bond motifs is 1. The van der Waals surface area contributed by atoms with Gasteiger partial charge in [-0.05, 0) is 101 Å². The third-order valence-corrected chi connectivity index (χ3v) is 10.8. The summed E-state index contributed by atoms with van der Waals surface area (Å²) in [6.07, 6.45) is 10.0. The maximum Gasteiger partial charge on any atom is 0.410 e. The Balaban J connectivity index is 1.29. The van der Waals surface area contributed by atoms with Crippen LogP contribution in [0.2, 0.25) is 0 Å². The van der Waals surface area contributed by atoms with Gasteiger partial charge in [-0.2, -0.15) is 0 Å². The Morgan fingerprint density at radius 1 is 1.02 bits per heavy atom. The average Bonchev–Trinajstić information content (AvgIpc) is 3.81. The van der Waals surface area contributed by atoms with Gasteiger partial charge in [-0.3, -0.25) is 19.4 Å². The monoisotopic (exact) mass is 701 g/mol. The van der Waals surface area contributed by atoms with Crippen LogP contribution in [-0.2, 0) is 35.8 Å². The molecule has 2 atom stereocenters. The summed E-state index contributed by atoms with van der Waals surface area (Å²) in [4.78, 5) is 65.7. The van der Waals surface area contributed by atoms with Gasteiger partial charge in [0.05, 0.1) is 17.4 Å². The molecular formula is C40H55N5O6. The van der Waals surface area contributed by atoms with E-state index in [1.807, 2.05) is 68.7 Å². The molecule has 1 N–H and O–H groups in total. The van der Waals surface area contributed by atoms with E-state index in [2.05, 4.69) is 16.4 Å². The van der Waals surface area contributed by atoms with Crippen LogP contribution in [0.1, 0.15) is 97.1 Å². The number of carbonyl (C=O) groups is 4. The highest BCUT2D eigenvalue weighted by atomic mass is 16.6. The number of benzene rings is 1. The number of piperidine rings is 1. The molecule has 2 aromatic rings. The van der Waals surface area contributed by atoms with E-state index in [0.29, 0.717) is 32.4 Å². The van der Waals surface area contributed by atoms with Crippen molar-refractivity contribution in [3.8, 4) is 0 Å². The van der Waals surface area contributed by atoms with E-state index in [9.17, 15) is 19.2 Å². The second kappa shape index (κ2) is 14.6. The van der Waals surface area contributed by atoms with Crippen molar-refractivity contribution >= 4 is 35.2 Å². The van der Waals surface area contributed by atoms with Crippen molar-refractivity contribution in [1.82, 2.24) is 15.2 Å². The fraction of sp³-hybridized carbons (Fsp3) is 0.625. The number of methoxy groups -OCH3 is 1. The van der Waals surface area contributed by atoms with Crippen LogP contribution in [-0.4, -0.2) is 78.7 Å². The summed E-state index contributed by atoms with van der Waals surface area (Å²) in [5, 5.41) is 3.40. The van der Waals surface area contributed by atoms with Gasteiger partial charge < -0.3 is 29.5 Å². The Morgan fingerprint density at radius 3 is 2.35 bits per heavy atom. The lowest BCUT2D eigenvalue weighted by atomic mass is 9.80. The number of hydrogen-bond donors (Lipinski definition) is 1. The normalized spacial score (nSPS) is 22.7. The van der Waals surface area contributed by atoms with Crippen LogP contribution in [0.5, 0.6) is 0 Å². The molecule has 3 heterocycles. The number of likely N-dealkylation sites (tertiary alicyclic amines) is 1. The molecule has 0 spiro atoms. The molecule has 0 bridgehead atoms. The van der Waals surface area contributed by atoms with Gasteiger partial charge in [-0.15, -0.1) is 0 Å². The van der Waals surface area contributed by atoms with E-state index < -0.39 is 34.5 Å². The molecule has 1 aromatic heterocycles. The molecule has 4 amide bonds. The van der Waals surface area contributed by atoms with Crippen LogP contribution in [0.3, 0.4) is 0 Å². The minimum absolute atomic E-state index is 0.0193. The fourth-order valence-electron chi connectivity index (χ4n) is 8.18. The summed E-state index contributed by atoms with van der Waals surface area (Å²) in [5.74, 6) is -1.41. The molecule has 4 aliphatic rings. The number of hydrogen-bond acceptors (Lipinski definition) is 7. The number of rotatable bonds is 10. The lowest BCUT2D eigenvalue weighted by Crippen LogP contribution is -2.55. The van der Waals surface area contributed by atoms with Crippen molar-refractivity contribution in [2.75, 3.05) is 43.2 Å². The second-order valence-corrected chi connectivity index (χ2v) is 16.6. The number of amides is 4. The van der Waals surface area contributed by atoms with Crippen LogP contribution in [0.4, 0.5) is 16.2 Å². The van der Waals surface area contributed by atoms with Crippen molar-refractivity contribution in [2.45, 2.75) is 110 Å². The van der Waals surface area contributed by atoms with E-state index in [1.165, 1.54) is 0 Å². The number of anilines is 2. The Labute approximate surface area is 302 Å². The van der Waals surface area contributed by atoms with Crippen molar-refractivity contribution in [3.63, 3.8) is 0 Å². The lowest BCUT2D eigenvalue weighted by Gasteiger charge is -2.41. The van der Waals surface area contributed by atoms with Gasteiger partial charge in [0.25, 0.3) is 0 Å². The van der Waals surface area contributed by atoms with Crippen molar-refractivity contribution < 1.29 is 28.7 Å². The zero-order valence-corrected chi connectivity index (χ0v) is 31.2. The van der Waals surface area contributed by atoms with E-state index in [4.69, 9.17) is 9.47 Å². The Morgan fingerprint density at radius 2 is 1.71 bits per heavy atom. The standard InChI is InChI=1S/C40H55N5O6/c1-38(2,3)51-37(49)43-25-28(34(46)42-40(16-7-8-17-40)30-14-18-41-19-15-30)22-29(26-43)35(47)45(31-12-13-31)32-11-10-27-24-39(4,5)36(48)44(33(27)23-32)20-9-21-50-6/h10-11,14-15,18-19,23,28-29,31H,7-9,12-13,16-17,20-22,24-26H2,1-6H3,(H,42,46)/t28-,29+/m0/s1. The Kier molecular flexibility index (Phi) is 10.5. The third kappa shape index (κ3) is 8.08. The minimum Gasteiger partial charge on any atom is -0.444 e. The second-order valence-electron chi connectivity index (χ2n) is 16.6. The Hall–Kier alpha value is -3.99. The quantitative estimate of drug-likeness (QED) is 0.302. The van der Waals surface area contributed by atoms with E-state index in [-0.39, 0.29) is 36.9 Å². The average molecular weight is 702 g/mol. The van der Waals surface area contributed by atoms with Gasteiger partial charge >= 0.3 is 6.09 Å². The number of aromatic nitrogens is 1. The molecule has 1 aromatic carbocycles. The van der Waals surface area contributed by atoms with Crippen LogP contribution in [0.25, 0.3) is 0 Å². The first kappa shape index (κ1) is 36.8. The van der Waals surface area contributed by atoms with Gasteiger partial charge in [-0.1, -0.05) is 32.8 Å². The third-order valence-electron chi connectivity index (χ3n) is 10.8. The van der Waals surface area contributed by atoms with Gasteiger partial charge in [-0.25, -0.2) is 4.79 Å². The molecule has 2 aliphatic carbocycles. The van der Waals surface area contributed by atoms with Gasteiger partial charge in [0.2, 0.25) is 17.7 Å². The highest BCUT2D eigenvalue weighted by Gasteiger charge is 2.46. The number of carbonyl (C=O) groups excluding carboxylic acids is 4. The van der Waals surface area contributed by atoms with Crippen LogP contribution in [0.15, 0.2) is 42.7 Å². The lowest BCUT2D eigenvalue weighted by molar-refractivity contribution is -0.132.